The van der Waals surface area contributed by atoms with Crippen LogP contribution >= 0.6 is 11.3 Å². The van der Waals surface area contributed by atoms with Crippen molar-refractivity contribution in [2.75, 3.05) is 13.1 Å². The standard InChI is InChI=1S/C22H23N3OS/c1-16-21(27-15-23-16)22(26)25-12-6-9-18(14-25)20-11-5-10-19(24-20)13-17-7-3-2-4-8-17/h2-5,7-8,10-11,15,18H,6,9,12-14H2,1H3/t18-/m0/s1. The van der Waals surface area contributed by atoms with E-state index in [2.05, 4.69) is 47.4 Å². The fraction of sp³-hybridized carbons (Fsp3) is 0.318. The van der Waals surface area contributed by atoms with E-state index in [1.165, 1.54) is 16.9 Å². The molecule has 1 aliphatic heterocycles. The van der Waals surface area contributed by atoms with Crippen molar-refractivity contribution in [2.45, 2.75) is 32.1 Å². The number of nitrogens with zero attached hydrogens (tertiary/aromatic N) is 3. The van der Waals surface area contributed by atoms with E-state index in [0.29, 0.717) is 5.92 Å². The smallest absolute Gasteiger partial charge is 0.265 e. The number of pyridine rings is 1. The number of hydrogen-bond acceptors (Lipinski definition) is 4. The summed E-state index contributed by atoms with van der Waals surface area (Å²) in [5.74, 6) is 0.409. The van der Waals surface area contributed by atoms with Gasteiger partial charge >= 0.3 is 0 Å². The quantitative estimate of drug-likeness (QED) is 0.674. The second-order valence-electron chi connectivity index (χ2n) is 7.07. The highest BCUT2D eigenvalue weighted by atomic mass is 32.1. The number of hydrogen-bond donors (Lipinski definition) is 0. The van der Waals surface area contributed by atoms with Crippen LogP contribution in [-0.2, 0) is 6.42 Å². The predicted octanol–water partition coefficient (Wildman–Crippen LogP) is 4.46. The van der Waals surface area contributed by atoms with Crippen LogP contribution in [0.5, 0.6) is 0 Å². The third-order valence-electron chi connectivity index (χ3n) is 5.12. The first kappa shape index (κ1) is 17.9. The minimum atomic E-state index is 0.111. The van der Waals surface area contributed by atoms with Crippen LogP contribution < -0.4 is 0 Å². The molecule has 1 aromatic carbocycles. The SMILES string of the molecule is Cc1ncsc1C(=O)N1CCC[C@H](c2cccc(Cc3ccccc3)n2)C1. The molecule has 1 saturated heterocycles. The average molecular weight is 378 g/mol. The molecule has 0 unspecified atom stereocenters. The van der Waals surface area contributed by atoms with Gasteiger partial charge in [-0.25, -0.2) is 4.98 Å². The third-order valence-corrected chi connectivity index (χ3v) is 6.04. The summed E-state index contributed by atoms with van der Waals surface area (Å²) < 4.78 is 0. The number of amides is 1. The molecule has 0 N–H and O–H groups in total. The zero-order valence-corrected chi connectivity index (χ0v) is 16.3. The normalized spacial score (nSPS) is 17.1. The topological polar surface area (TPSA) is 46.1 Å². The highest BCUT2D eigenvalue weighted by Crippen LogP contribution is 2.28. The number of carbonyl (C=O) groups is 1. The van der Waals surface area contributed by atoms with E-state index in [1.54, 1.807) is 5.51 Å². The summed E-state index contributed by atoms with van der Waals surface area (Å²) in [5.41, 5.74) is 6.03. The van der Waals surface area contributed by atoms with Gasteiger partial charge in [-0.3, -0.25) is 9.78 Å². The van der Waals surface area contributed by atoms with Crippen LogP contribution in [0, 0.1) is 6.92 Å². The Morgan fingerprint density at radius 2 is 2.04 bits per heavy atom. The average Bonchev–Trinajstić information content (AvgIpc) is 3.14. The Bertz CT molecular complexity index is 922. The van der Waals surface area contributed by atoms with Crippen molar-refractivity contribution >= 4 is 17.2 Å². The Balaban J connectivity index is 1.49. The monoisotopic (exact) mass is 377 g/mol. The van der Waals surface area contributed by atoms with Crippen LogP contribution in [0.1, 0.15) is 51.1 Å². The van der Waals surface area contributed by atoms with E-state index < -0.39 is 0 Å². The van der Waals surface area contributed by atoms with Gasteiger partial charge in [0.05, 0.1) is 11.2 Å². The van der Waals surface area contributed by atoms with Crippen molar-refractivity contribution in [3.8, 4) is 0 Å². The molecule has 2 aromatic heterocycles. The van der Waals surface area contributed by atoms with Gasteiger partial charge in [0.25, 0.3) is 5.91 Å². The van der Waals surface area contributed by atoms with Crippen LogP contribution in [0.3, 0.4) is 0 Å². The van der Waals surface area contributed by atoms with E-state index in [9.17, 15) is 4.79 Å². The maximum absolute atomic E-state index is 12.8. The van der Waals surface area contributed by atoms with Gasteiger partial charge < -0.3 is 4.90 Å². The summed E-state index contributed by atoms with van der Waals surface area (Å²) in [7, 11) is 0. The highest BCUT2D eigenvalue weighted by molar-refractivity contribution is 7.11. The lowest BCUT2D eigenvalue weighted by molar-refractivity contribution is 0.0710. The van der Waals surface area contributed by atoms with Crippen LogP contribution in [-0.4, -0.2) is 33.9 Å². The van der Waals surface area contributed by atoms with Crippen molar-refractivity contribution < 1.29 is 4.79 Å². The summed E-state index contributed by atoms with van der Waals surface area (Å²) in [6.45, 7) is 3.45. The van der Waals surface area contributed by atoms with Crippen molar-refractivity contribution in [3.63, 3.8) is 0 Å². The van der Waals surface area contributed by atoms with Gasteiger partial charge in [0.1, 0.15) is 4.88 Å². The molecule has 1 aliphatic rings. The maximum atomic E-state index is 12.8. The molecule has 0 aliphatic carbocycles. The number of thiazole rings is 1. The molecule has 1 amide bonds. The molecule has 0 saturated carbocycles. The zero-order valence-electron chi connectivity index (χ0n) is 15.5. The van der Waals surface area contributed by atoms with Gasteiger partial charge in [-0.05, 0) is 37.5 Å². The number of benzene rings is 1. The Hall–Kier alpha value is -2.53. The van der Waals surface area contributed by atoms with Crippen molar-refractivity contribution in [1.82, 2.24) is 14.9 Å². The number of piperidine rings is 1. The second kappa shape index (κ2) is 8.01. The lowest BCUT2D eigenvalue weighted by Gasteiger charge is -2.32. The Morgan fingerprint density at radius 1 is 1.19 bits per heavy atom. The van der Waals surface area contributed by atoms with Gasteiger partial charge in [0.2, 0.25) is 0 Å². The highest BCUT2D eigenvalue weighted by Gasteiger charge is 2.27. The number of likely N-dealkylation sites (tertiary alicyclic amines) is 1. The van der Waals surface area contributed by atoms with E-state index in [-0.39, 0.29) is 5.91 Å². The molecular formula is C22H23N3OS. The first-order chi connectivity index (χ1) is 13.2. The molecule has 0 spiro atoms. The van der Waals surface area contributed by atoms with E-state index in [0.717, 1.165) is 54.3 Å². The van der Waals surface area contributed by atoms with Gasteiger partial charge in [-0.1, -0.05) is 36.4 Å². The molecule has 4 rings (SSSR count). The molecule has 27 heavy (non-hydrogen) atoms. The number of carbonyl (C=O) groups excluding carboxylic acids is 1. The molecule has 0 radical (unpaired) electrons. The van der Waals surface area contributed by atoms with Crippen LogP contribution in [0.25, 0.3) is 0 Å². The Morgan fingerprint density at radius 3 is 2.81 bits per heavy atom. The minimum absolute atomic E-state index is 0.111. The fourth-order valence-electron chi connectivity index (χ4n) is 3.68. The molecule has 138 valence electrons. The van der Waals surface area contributed by atoms with Crippen LogP contribution in [0.15, 0.2) is 54.0 Å². The van der Waals surface area contributed by atoms with Gasteiger partial charge in [-0.15, -0.1) is 11.3 Å². The lowest BCUT2D eigenvalue weighted by Crippen LogP contribution is -2.39. The predicted molar refractivity (Wildman–Crippen MR) is 108 cm³/mol. The second-order valence-corrected chi connectivity index (χ2v) is 7.93. The molecule has 4 nitrogen and oxygen atoms in total. The molecule has 1 fully saturated rings. The summed E-state index contributed by atoms with van der Waals surface area (Å²) >= 11 is 1.43. The summed E-state index contributed by atoms with van der Waals surface area (Å²) in [6.07, 6.45) is 2.93. The van der Waals surface area contributed by atoms with Gasteiger partial charge in [0, 0.05) is 36.8 Å². The van der Waals surface area contributed by atoms with Crippen molar-refractivity contribution in [2.24, 2.45) is 0 Å². The Labute approximate surface area is 163 Å². The minimum Gasteiger partial charge on any atom is -0.337 e. The van der Waals surface area contributed by atoms with E-state index in [4.69, 9.17) is 4.98 Å². The van der Waals surface area contributed by atoms with E-state index in [1.807, 2.05) is 17.9 Å². The van der Waals surface area contributed by atoms with Gasteiger partial charge in [-0.2, -0.15) is 0 Å². The molecule has 0 bridgehead atoms. The molecular weight excluding hydrogens is 354 g/mol. The first-order valence-corrected chi connectivity index (χ1v) is 10.3. The van der Waals surface area contributed by atoms with Gasteiger partial charge in [0.15, 0.2) is 0 Å². The third kappa shape index (κ3) is 4.08. The summed E-state index contributed by atoms with van der Waals surface area (Å²) in [4.78, 5) is 24.7. The number of rotatable bonds is 4. The van der Waals surface area contributed by atoms with E-state index >= 15 is 0 Å². The fourth-order valence-corrected chi connectivity index (χ4v) is 4.45. The zero-order chi connectivity index (χ0) is 18.6. The molecule has 3 aromatic rings. The molecule has 1 atom stereocenters. The van der Waals surface area contributed by atoms with Crippen LogP contribution in [0.4, 0.5) is 0 Å². The molecule has 5 heteroatoms. The first-order valence-electron chi connectivity index (χ1n) is 9.40. The Kier molecular flexibility index (Phi) is 5.30. The number of aromatic nitrogens is 2. The number of aryl methyl sites for hydroxylation is 1. The van der Waals surface area contributed by atoms with Crippen LogP contribution in [0.2, 0.25) is 0 Å². The molecule has 3 heterocycles. The maximum Gasteiger partial charge on any atom is 0.265 e. The summed E-state index contributed by atoms with van der Waals surface area (Å²) in [5, 5.41) is 0. The summed E-state index contributed by atoms with van der Waals surface area (Å²) in [6, 6.07) is 16.7. The lowest BCUT2D eigenvalue weighted by atomic mass is 9.93. The van der Waals surface area contributed by atoms with Crippen molar-refractivity contribution in [1.29, 1.82) is 0 Å². The van der Waals surface area contributed by atoms with Crippen molar-refractivity contribution in [3.05, 3.63) is 81.6 Å². The largest absolute Gasteiger partial charge is 0.337 e.